The number of nitrogens with one attached hydrogen (secondary N) is 1. The van der Waals surface area contributed by atoms with E-state index in [1.165, 1.54) is 0 Å². The number of hydrogen-bond donors (Lipinski definition) is 1. The van der Waals surface area contributed by atoms with Crippen LogP contribution in [0.25, 0.3) is 0 Å². The first-order valence-electron chi connectivity index (χ1n) is 5.40. The number of carbonyl (C=O) groups excluding carboxylic acids is 1. The summed E-state index contributed by atoms with van der Waals surface area (Å²) < 4.78 is 5.32. The van der Waals surface area contributed by atoms with Gasteiger partial charge in [-0.15, -0.1) is 0 Å². The van der Waals surface area contributed by atoms with Gasteiger partial charge in [-0.05, 0) is 31.2 Å². The maximum absolute atomic E-state index is 11.7. The van der Waals surface area contributed by atoms with E-state index in [0.717, 1.165) is 11.3 Å². The summed E-state index contributed by atoms with van der Waals surface area (Å²) in [5.74, 6) is 0.615. The van der Waals surface area contributed by atoms with Crippen LogP contribution in [0, 0.1) is 0 Å². The van der Waals surface area contributed by atoms with Crippen LogP contribution in [0.15, 0.2) is 49.1 Å². The maximum atomic E-state index is 11.7. The van der Waals surface area contributed by atoms with Crippen LogP contribution in [-0.2, 0) is 0 Å². The minimum Gasteiger partial charge on any atom is -0.490 e. The second-order valence-corrected chi connectivity index (χ2v) is 3.76. The highest BCUT2D eigenvalue weighted by Crippen LogP contribution is 2.12. The lowest BCUT2D eigenvalue weighted by Crippen LogP contribution is -2.24. The van der Waals surface area contributed by atoms with Gasteiger partial charge in [0.25, 0.3) is 5.91 Å². The number of hydrogen-bond acceptors (Lipinski definition) is 2. The third kappa shape index (κ3) is 4.55. The van der Waals surface area contributed by atoms with Crippen LogP contribution < -0.4 is 10.1 Å². The van der Waals surface area contributed by atoms with Gasteiger partial charge in [0.1, 0.15) is 12.4 Å². The van der Waals surface area contributed by atoms with Crippen LogP contribution in [0.3, 0.4) is 0 Å². The SMILES string of the molecule is C=CCOc1ccc(C(=O)NCC(=C)C)cc1. The largest absolute Gasteiger partial charge is 0.490 e. The van der Waals surface area contributed by atoms with Crippen LogP contribution >= 0.6 is 0 Å². The Bertz CT molecular complexity index is 407. The van der Waals surface area contributed by atoms with Crippen molar-refractivity contribution in [3.05, 3.63) is 54.6 Å². The van der Waals surface area contributed by atoms with E-state index in [4.69, 9.17) is 4.74 Å². The van der Waals surface area contributed by atoms with Gasteiger partial charge < -0.3 is 10.1 Å². The van der Waals surface area contributed by atoms with Gasteiger partial charge in [0.05, 0.1) is 0 Å². The average Bonchev–Trinajstić information content (AvgIpc) is 2.34. The topological polar surface area (TPSA) is 38.3 Å². The maximum Gasteiger partial charge on any atom is 0.251 e. The second kappa shape index (κ2) is 6.53. The zero-order chi connectivity index (χ0) is 12.7. The molecule has 1 amide bonds. The van der Waals surface area contributed by atoms with Crippen molar-refractivity contribution in [2.75, 3.05) is 13.2 Å². The molecule has 0 bridgehead atoms. The fraction of sp³-hybridized carbons (Fsp3) is 0.214. The normalized spacial score (nSPS) is 9.47. The summed E-state index contributed by atoms with van der Waals surface area (Å²) in [6, 6.07) is 6.98. The Labute approximate surface area is 102 Å². The molecule has 1 rings (SSSR count). The van der Waals surface area contributed by atoms with Gasteiger partial charge in [0, 0.05) is 12.1 Å². The first kappa shape index (κ1) is 13.0. The van der Waals surface area contributed by atoms with E-state index in [1.807, 2.05) is 6.92 Å². The Morgan fingerprint density at radius 3 is 2.59 bits per heavy atom. The van der Waals surface area contributed by atoms with Gasteiger partial charge in [0.2, 0.25) is 0 Å². The Hall–Kier alpha value is -2.03. The number of ether oxygens (including phenoxy) is 1. The summed E-state index contributed by atoms with van der Waals surface area (Å²) in [4.78, 5) is 11.7. The summed E-state index contributed by atoms with van der Waals surface area (Å²) in [6.45, 7) is 10.1. The van der Waals surface area contributed by atoms with Crippen LogP contribution in [0.2, 0.25) is 0 Å². The molecular formula is C14H17NO2. The fourth-order valence-corrected chi connectivity index (χ4v) is 1.19. The Morgan fingerprint density at radius 1 is 1.41 bits per heavy atom. The predicted octanol–water partition coefficient (Wildman–Crippen LogP) is 2.56. The van der Waals surface area contributed by atoms with Gasteiger partial charge in [-0.2, -0.15) is 0 Å². The van der Waals surface area contributed by atoms with E-state index in [9.17, 15) is 4.79 Å². The molecule has 1 aromatic carbocycles. The zero-order valence-electron chi connectivity index (χ0n) is 10.0. The molecule has 0 spiro atoms. The van der Waals surface area contributed by atoms with Gasteiger partial charge in [-0.3, -0.25) is 4.79 Å². The van der Waals surface area contributed by atoms with Crippen molar-refractivity contribution in [1.29, 1.82) is 0 Å². The van der Waals surface area contributed by atoms with Crippen LogP contribution in [0.1, 0.15) is 17.3 Å². The molecule has 0 unspecified atom stereocenters. The van der Waals surface area contributed by atoms with E-state index in [1.54, 1.807) is 30.3 Å². The number of amides is 1. The van der Waals surface area contributed by atoms with E-state index in [0.29, 0.717) is 18.7 Å². The van der Waals surface area contributed by atoms with Gasteiger partial charge in [0.15, 0.2) is 0 Å². The highest BCUT2D eigenvalue weighted by atomic mass is 16.5. The third-order valence-electron chi connectivity index (χ3n) is 2.04. The monoisotopic (exact) mass is 231 g/mol. The molecule has 0 aliphatic heterocycles. The van der Waals surface area contributed by atoms with Crippen LogP contribution in [0.5, 0.6) is 5.75 Å². The molecule has 0 radical (unpaired) electrons. The first-order chi connectivity index (χ1) is 8.13. The minimum absolute atomic E-state index is 0.108. The van der Waals surface area contributed by atoms with Crippen LogP contribution in [0.4, 0.5) is 0 Å². The molecule has 3 heteroatoms. The molecule has 0 saturated carbocycles. The standard InChI is InChI=1S/C14H17NO2/c1-4-9-17-13-7-5-12(6-8-13)14(16)15-10-11(2)3/h4-8H,1-2,9-10H2,3H3,(H,15,16). The molecular weight excluding hydrogens is 214 g/mol. The highest BCUT2D eigenvalue weighted by Gasteiger charge is 2.04. The lowest BCUT2D eigenvalue weighted by atomic mass is 10.2. The van der Waals surface area contributed by atoms with Crippen molar-refractivity contribution in [1.82, 2.24) is 5.32 Å². The van der Waals surface area contributed by atoms with Crippen molar-refractivity contribution in [2.24, 2.45) is 0 Å². The lowest BCUT2D eigenvalue weighted by molar-refractivity contribution is 0.0957. The first-order valence-corrected chi connectivity index (χ1v) is 5.40. The molecule has 0 fully saturated rings. The van der Waals surface area contributed by atoms with Crippen molar-refractivity contribution in [2.45, 2.75) is 6.92 Å². The summed E-state index contributed by atoms with van der Waals surface area (Å²) in [5.41, 5.74) is 1.53. The Balaban J connectivity index is 2.57. The van der Waals surface area contributed by atoms with Crippen molar-refractivity contribution in [3.63, 3.8) is 0 Å². The van der Waals surface area contributed by atoms with Crippen molar-refractivity contribution >= 4 is 5.91 Å². The molecule has 0 atom stereocenters. The Kier molecular flexibility index (Phi) is 5.01. The number of rotatable bonds is 6. The second-order valence-electron chi connectivity index (χ2n) is 3.76. The quantitative estimate of drug-likeness (QED) is 0.764. The fourth-order valence-electron chi connectivity index (χ4n) is 1.19. The number of carbonyl (C=O) groups is 1. The predicted molar refractivity (Wildman–Crippen MR) is 69.3 cm³/mol. The van der Waals surface area contributed by atoms with Crippen molar-refractivity contribution in [3.8, 4) is 5.75 Å². The van der Waals surface area contributed by atoms with E-state index < -0.39 is 0 Å². The summed E-state index contributed by atoms with van der Waals surface area (Å²) in [6.07, 6.45) is 1.67. The number of benzene rings is 1. The molecule has 3 nitrogen and oxygen atoms in total. The summed E-state index contributed by atoms with van der Waals surface area (Å²) in [5, 5.41) is 2.77. The smallest absolute Gasteiger partial charge is 0.251 e. The van der Waals surface area contributed by atoms with Gasteiger partial charge >= 0.3 is 0 Å². The molecule has 0 aliphatic rings. The summed E-state index contributed by atoms with van der Waals surface area (Å²) in [7, 11) is 0. The highest BCUT2D eigenvalue weighted by molar-refractivity contribution is 5.94. The van der Waals surface area contributed by atoms with E-state index >= 15 is 0 Å². The van der Waals surface area contributed by atoms with Crippen molar-refractivity contribution < 1.29 is 9.53 Å². The molecule has 1 N–H and O–H groups in total. The van der Waals surface area contributed by atoms with E-state index in [-0.39, 0.29) is 5.91 Å². The molecule has 0 saturated heterocycles. The minimum atomic E-state index is -0.108. The molecule has 90 valence electrons. The molecule has 0 heterocycles. The van der Waals surface area contributed by atoms with Crippen LogP contribution in [-0.4, -0.2) is 19.1 Å². The molecule has 0 aliphatic carbocycles. The van der Waals surface area contributed by atoms with Gasteiger partial charge in [-0.25, -0.2) is 0 Å². The molecule has 0 aromatic heterocycles. The molecule has 17 heavy (non-hydrogen) atoms. The average molecular weight is 231 g/mol. The summed E-state index contributed by atoms with van der Waals surface area (Å²) >= 11 is 0. The zero-order valence-corrected chi connectivity index (χ0v) is 10.0. The molecule has 1 aromatic rings. The lowest BCUT2D eigenvalue weighted by Gasteiger charge is -2.06. The Morgan fingerprint density at radius 2 is 2.06 bits per heavy atom. The van der Waals surface area contributed by atoms with Gasteiger partial charge in [-0.1, -0.05) is 24.8 Å². The third-order valence-corrected chi connectivity index (χ3v) is 2.04. The van der Waals surface area contributed by atoms with E-state index in [2.05, 4.69) is 18.5 Å².